The number of aliphatic hydroxyl groups excluding tert-OH is 1. The number of hydrogen-bond donors (Lipinski definition) is 1. The van der Waals surface area contributed by atoms with Gasteiger partial charge in [-0.15, -0.1) is 0 Å². The average molecular weight is 196 g/mol. The van der Waals surface area contributed by atoms with Gasteiger partial charge in [0.1, 0.15) is 0 Å². The maximum absolute atomic E-state index is 10.2. The van der Waals surface area contributed by atoms with Gasteiger partial charge in [-0.1, -0.05) is 38.5 Å². The summed E-state index contributed by atoms with van der Waals surface area (Å²) in [4.78, 5) is 0. The van der Waals surface area contributed by atoms with Gasteiger partial charge in [0, 0.05) is 0 Å². The molecule has 82 valence electrons. The second kappa shape index (κ2) is 5.16. The molecule has 2 bridgehead atoms. The first-order valence-electron chi connectivity index (χ1n) is 6.56. The van der Waals surface area contributed by atoms with Crippen molar-refractivity contribution >= 4 is 0 Å². The molecule has 14 heavy (non-hydrogen) atoms. The molecule has 0 aliphatic heterocycles. The number of fused-ring (bicyclic) bond motifs is 2. The molecule has 2 aliphatic carbocycles. The van der Waals surface area contributed by atoms with Crippen LogP contribution in [0.3, 0.4) is 0 Å². The van der Waals surface area contributed by atoms with Crippen molar-refractivity contribution in [2.45, 2.75) is 70.3 Å². The van der Waals surface area contributed by atoms with Crippen LogP contribution in [-0.2, 0) is 0 Å². The number of aliphatic hydroxyl groups is 1. The topological polar surface area (TPSA) is 20.2 Å². The molecule has 3 atom stereocenters. The summed E-state index contributed by atoms with van der Waals surface area (Å²) in [6, 6.07) is 0. The van der Waals surface area contributed by atoms with Crippen LogP contribution in [-0.4, -0.2) is 11.2 Å². The molecule has 1 N–H and O–H groups in total. The van der Waals surface area contributed by atoms with E-state index in [1.54, 1.807) is 0 Å². The lowest BCUT2D eigenvalue weighted by atomic mass is 9.74. The van der Waals surface area contributed by atoms with E-state index in [9.17, 15) is 5.11 Å². The maximum Gasteiger partial charge on any atom is 0.0596 e. The first-order valence-corrected chi connectivity index (χ1v) is 6.56. The standard InChI is InChI=1S/C13H24O/c14-13-11-7-4-2-1-3-5-8-12(13)10-6-9-11/h11-14H,1-10H2/t11-,12+,13?. The largest absolute Gasteiger partial charge is 0.393 e. The maximum atomic E-state index is 10.2. The minimum Gasteiger partial charge on any atom is -0.393 e. The van der Waals surface area contributed by atoms with Gasteiger partial charge in [-0.2, -0.15) is 0 Å². The molecule has 0 saturated heterocycles. The summed E-state index contributed by atoms with van der Waals surface area (Å²) in [5, 5.41) is 10.2. The summed E-state index contributed by atoms with van der Waals surface area (Å²) in [5.74, 6) is 1.29. The highest BCUT2D eigenvalue weighted by atomic mass is 16.3. The third-order valence-electron chi connectivity index (χ3n) is 4.27. The van der Waals surface area contributed by atoms with E-state index in [4.69, 9.17) is 0 Å². The Kier molecular flexibility index (Phi) is 3.86. The normalized spacial score (nSPS) is 40.5. The molecule has 0 aromatic carbocycles. The highest BCUT2D eigenvalue weighted by molar-refractivity contribution is 4.82. The van der Waals surface area contributed by atoms with Crippen molar-refractivity contribution in [1.29, 1.82) is 0 Å². The van der Waals surface area contributed by atoms with Gasteiger partial charge in [-0.25, -0.2) is 0 Å². The molecule has 2 saturated carbocycles. The molecule has 0 amide bonds. The lowest BCUT2D eigenvalue weighted by molar-refractivity contribution is 0.00686. The second-order valence-electron chi connectivity index (χ2n) is 5.29. The van der Waals surface area contributed by atoms with E-state index in [0.29, 0.717) is 11.8 Å². The zero-order valence-electron chi connectivity index (χ0n) is 9.25. The Bertz CT molecular complexity index is 151. The van der Waals surface area contributed by atoms with Crippen molar-refractivity contribution in [1.82, 2.24) is 0 Å². The fraction of sp³-hybridized carbons (Fsp3) is 1.00. The van der Waals surface area contributed by atoms with Crippen molar-refractivity contribution in [3.05, 3.63) is 0 Å². The van der Waals surface area contributed by atoms with Crippen LogP contribution in [0.2, 0.25) is 0 Å². The van der Waals surface area contributed by atoms with Crippen molar-refractivity contribution in [2.75, 3.05) is 0 Å². The van der Waals surface area contributed by atoms with Crippen LogP contribution in [0.1, 0.15) is 64.2 Å². The quantitative estimate of drug-likeness (QED) is 0.628. The van der Waals surface area contributed by atoms with Crippen LogP contribution in [0.4, 0.5) is 0 Å². The van der Waals surface area contributed by atoms with Crippen LogP contribution in [0, 0.1) is 11.8 Å². The van der Waals surface area contributed by atoms with Gasteiger partial charge >= 0.3 is 0 Å². The van der Waals surface area contributed by atoms with Gasteiger partial charge in [0.05, 0.1) is 6.10 Å². The Morgan fingerprint density at radius 1 is 0.571 bits per heavy atom. The van der Waals surface area contributed by atoms with E-state index in [0.717, 1.165) is 0 Å². The Morgan fingerprint density at radius 2 is 1.00 bits per heavy atom. The van der Waals surface area contributed by atoms with Crippen LogP contribution in [0.15, 0.2) is 0 Å². The zero-order chi connectivity index (χ0) is 9.80. The Hall–Kier alpha value is -0.0400. The van der Waals surface area contributed by atoms with Crippen LogP contribution in [0.5, 0.6) is 0 Å². The highest BCUT2D eigenvalue weighted by Crippen LogP contribution is 2.36. The summed E-state index contributed by atoms with van der Waals surface area (Å²) in [5.41, 5.74) is 0. The lowest BCUT2D eigenvalue weighted by Gasteiger charge is -2.35. The molecule has 0 spiro atoms. The van der Waals surface area contributed by atoms with Crippen molar-refractivity contribution in [3.8, 4) is 0 Å². The summed E-state index contributed by atoms with van der Waals surface area (Å²) in [7, 11) is 0. The third kappa shape index (κ3) is 2.50. The Labute approximate surface area is 87.9 Å². The minimum absolute atomic E-state index is 0.0434. The summed E-state index contributed by atoms with van der Waals surface area (Å²) in [6.07, 6.45) is 13.5. The number of rotatable bonds is 0. The fourth-order valence-corrected chi connectivity index (χ4v) is 3.34. The SMILES string of the molecule is OC1[C@@H]2CCCCCCC[C@H]1CCC2. The Morgan fingerprint density at radius 3 is 1.57 bits per heavy atom. The van der Waals surface area contributed by atoms with Crippen molar-refractivity contribution in [2.24, 2.45) is 11.8 Å². The van der Waals surface area contributed by atoms with Crippen molar-refractivity contribution in [3.63, 3.8) is 0 Å². The summed E-state index contributed by atoms with van der Waals surface area (Å²) >= 11 is 0. The van der Waals surface area contributed by atoms with Gasteiger partial charge in [0.25, 0.3) is 0 Å². The molecule has 2 rings (SSSR count). The molecular formula is C13H24O. The molecule has 0 radical (unpaired) electrons. The first-order chi connectivity index (χ1) is 6.88. The predicted molar refractivity (Wildman–Crippen MR) is 59.2 cm³/mol. The van der Waals surface area contributed by atoms with Crippen LogP contribution >= 0.6 is 0 Å². The fourth-order valence-electron chi connectivity index (χ4n) is 3.34. The molecule has 1 heteroatoms. The molecule has 0 heterocycles. The van der Waals surface area contributed by atoms with Gasteiger partial charge in [0.2, 0.25) is 0 Å². The first kappa shape index (κ1) is 10.5. The van der Waals surface area contributed by atoms with Crippen LogP contribution < -0.4 is 0 Å². The third-order valence-corrected chi connectivity index (χ3v) is 4.27. The van der Waals surface area contributed by atoms with E-state index >= 15 is 0 Å². The summed E-state index contributed by atoms with van der Waals surface area (Å²) in [6.45, 7) is 0. The van der Waals surface area contributed by atoms with E-state index < -0.39 is 0 Å². The van der Waals surface area contributed by atoms with Gasteiger partial charge in [-0.05, 0) is 37.5 Å². The predicted octanol–water partition coefficient (Wildman–Crippen LogP) is 3.51. The van der Waals surface area contributed by atoms with E-state index in [1.165, 1.54) is 64.2 Å². The molecule has 0 aromatic heterocycles. The van der Waals surface area contributed by atoms with E-state index in [1.807, 2.05) is 0 Å². The second-order valence-corrected chi connectivity index (χ2v) is 5.29. The van der Waals surface area contributed by atoms with Crippen molar-refractivity contribution < 1.29 is 5.11 Å². The average Bonchev–Trinajstić information content (AvgIpc) is 2.18. The van der Waals surface area contributed by atoms with Gasteiger partial charge in [-0.3, -0.25) is 0 Å². The van der Waals surface area contributed by atoms with Gasteiger partial charge in [0.15, 0.2) is 0 Å². The Balaban J connectivity index is 1.94. The molecular weight excluding hydrogens is 172 g/mol. The van der Waals surface area contributed by atoms with Gasteiger partial charge < -0.3 is 5.11 Å². The molecule has 2 fully saturated rings. The van der Waals surface area contributed by atoms with E-state index in [2.05, 4.69) is 0 Å². The molecule has 2 aliphatic rings. The molecule has 1 nitrogen and oxygen atoms in total. The highest BCUT2D eigenvalue weighted by Gasteiger charge is 2.31. The smallest absolute Gasteiger partial charge is 0.0596 e. The summed E-state index contributed by atoms with van der Waals surface area (Å²) < 4.78 is 0. The molecule has 1 unspecified atom stereocenters. The lowest BCUT2D eigenvalue weighted by Crippen LogP contribution is -2.33. The molecule has 0 aromatic rings. The monoisotopic (exact) mass is 196 g/mol. The minimum atomic E-state index is 0.0434. The zero-order valence-corrected chi connectivity index (χ0v) is 9.25. The number of hydrogen-bond acceptors (Lipinski definition) is 1. The van der Waals surface area contributed by atoms with Crippen LogP contribution in [0.25, 0.3) is 0 Å². The van der Waals surface area contributed by atoms with E-state index in [-0.39, 0.29) is 6.10 Å².